The van der Waals surface area contributed by atoms with Crippen molar-refractivity contribution in [2.24, 2.45) is 0 Å². The second-order valence-electron chi connectivity index (χ2n) is 5.71. The predicted molar refractivity (Wildman–Crippen MR) is 88.3 cm³/mol. The van der Waals surface area contributed by atoms with E-state index in [1.807, 2.05) is 4.90 Å². The fourth-order valence-electron chi connectivity index (χ4n) is 2.81. The monoisotopic (exact) mass is 313 g/mol. The van der Waals surface area contributed by atoms with Crippen molar-refractivity contribution < 1.29 is 9.18 Å². The van der Waals surface area contributed by atoms with Crippen LogP contribution in [0.3, 0.4) is 0 Å². The molecular formula is C18H20FN3O. The molecule has 0 bridgehead atoms. The maximum atomic E-state index is 13.8. The van der Waals surface area contributed by atoms with Crippen LogP contribution in [0.2, 0.25) is 0 Å². The van der Waals surface area contributed by atoms with E-state index in [4.69, 9.17) is 0 Å². The van der Waals surface area contributed by atoms with E-state index >= 15 is 0 Å². The molecule has 5 heteroatoms. The molecule has 1 aromatic heterocycles. The highest BCUT2D eigenvalue weighted by Gasteiger charge is 2.21. The molecule has 0 aliphatic carbocycles. The SMILES string of the molecule is O=C(c1cccnc1Nc1ccccc1F)N1CCCCCC1. The maximum absolute atomic E-state index is 13.8. The standard InChI is InChI=1S/C18H20FN3O/c19-15-9-3-4-10-16(15)21-17-14(8-7-11-20-17)18(23)22-12-5-1-2-6-13-22/h3-4,7-11H,1-2,5-6,12-13H2,(H,20,21). The Bertz CT molecular complexity index is 681. The van der Waals surface area contributed by atoms with Crippen molar-refractivity contribution in [3.05, 3.63) is 54.0 Å². The summed E-state index contributed by atoms with van der Waals surface area (Å²) in [6.07, 6.45) is 5.99. The molecule has 4 nitrogen and oxygen atoms in total. The maximum Gasteiger partial charge on any atom is 0.257 e. The quantitative estimate of drug-likeness (QED) is 0.932. The number of hydrogen-bond acceptors (Lipinski definition) is 3. The number of nitrogens with one attached hydrogen (secondary N) is 1. The van der Waals surface area contributed by atoms with Crippen LogP contribution < -0.4 is 5.32 Å². The van der Waals surface area contributed by atoms with Crippen molar-refractivity contribution in [3.63, 3.8) is 0 Å². The molecule has 1 aliphatic rings. The van der Waals surface area contributed by atoms with Crippen molar-refractivity contribution in [2.75, 3.05) is 18.4 Å². The summed E-state index contributed by atoms with van der Waals surface area (Å²) in [5.74, 6) is -0.0167. The zero-order valence-corrected chi connectivity index (χ0v) is 13.0. The van der Waals surface area contributed by atoms with E-state index in [-0.39, 0.29) is 11.7 Å². The van der Waals surface area contributed by atoms with Crippen LogP contribution in [0.15, 0.2) is 42.6 Å². The van der Waals surface area contributed by atoms with E-state index in [1.54, 1.807) is 36.5 Å². The summed E-state index contributed by atoms with van der Waals surface area (Å²) in [5.41, 5.74) is 0.800. The molecule has 1 aromatic carbocycles. The molecule has 0 radical (unpaired) electrons. The number of anilines is 2. The van der Waals surface area contributed by atoms with Gasteiger partial charge in [0.15, 0.2) is 0 Å². The van der Waals surface area contributed by atoms with Crippen LogP contribution in [0.4, 0.5) is 15.9 Å². The molecule has 23 heavy (non-hydrogen) atoms. The van der Waals surface area contributed by atoms with E-state index in [1.165, 1.54) is 6.07 Å². The van der Waals surface area contributed by atoms with Crippen LogP contribution in [0.1, 0.15) is 36.0 Å². The number of hydrogen-bond donors (Lipinski definition) is 1. The van der Waals surface area contributed by atoms with Crippen molar-refractivity contribution in [1.29, 1.82) is 0 Å². The number of carbonyl (C=O) groups is 1. The lowest BCUT2D eigenvalue weighted by Crippen LogP contribution is -2.32. The Morgan fingerprint density at radius 2 is 1.78 bits per heavy atom. The Kier molecular flexibility index (Phi) is 4.86. The summed E-state index contributed by atoms with van der Waals surface area (Å²) < 4.78 is 13.8. The summed E-state index contributed by atoms with van der Waals surface area (Å²) in [4.78, 5) is 18.9. The molecule has 1 amide bonds. The molecule has 0 unspecified atom stereocenters. The average Bonchev–Trinajstić information content (AvgIpc) is 2.86. The van der Waals surface area contributed by atoms with Gasteiger partial charge in [-0.3, -0.25) is 4.79 Å². The molecule has 0 atom stereocenters. The number of amides is 1. The highest BCUT2D eigenvalue weighted by atomic mass is 19.1. The lowest BCUT2D eigenvalue weighted by molar-refractivity contribution is 0.0762. The zero-order chi connectivity index (χ0) is 16.1. The average molecular weight is 313 g/mol. The topological polar surface area (TPSA) is 45.2 Å². The van der Waals surface area contributed by atoms with E-state index in [2.05, 4.69) is 10.3 Å². The fraction of sp³-hybridized carbons (Fsp3) is 0.333. The van der Waals surface area contributed by atoms with Gasteiger partial charge >= 0.3 is 0 Å². The molecule has 2 aromatic rings. The number of aromatic nitrogens is 1. The number of benzene rings is 1. The Balaban J connectivity index is 1.85. The number of rotatable bonds is 3. The molecule has 0 saturated carbocycles. The van der Waals surface area contributed by atoms with Gasteiger partial charge in [0.2, 0.25) is 0 Å². The minimum Gasteiger partial charge on any atom is -0.339 e. The van der Waals surface area contributed by atoms with E-state index in [0.717, 1.165) is 38.8 Å². The van der Waals surface area contributed by atoms with Crippen molar-refractivity contribution >= 4 is 17.4 Å². The van der Waals surface area contributed by atoms with E-state index < -0.39 is 0 Å². The summed E-state index contributed by atoms with van der Waals surface area (Å²) >= 11 is 0. The van der Waals surface area contributed by atoms with Crippen LogP contribution in [-0.2, 0) is 0 Å². The number of carbonyl (C=O) groups excluding carboxylic acids is 1. The second kappa shape index (κ2) is 7.22. The molecule has 2 heterocycles. The van der Waals surface area contributed by atoms with Gasteiger partial charge in [0.05, 0.1) is 11.3 Å². The van der Waals surface area contributed by atoms with Gasteiger partial charge in [-0.2, -0.15) is 0 Å². The molecule has 1 aliphatic heterocycles. The fourth-order valence-corrected chi connectivity index (χ4v) is 2.81. The minimum atomic E-state index is -0.369. The Morgan fingerprint density at radius 1 is 1.04 bits per heavy atom. The first-order valence-electron chi connectivity index (χ1n) is 8.01. The highest BCUT2D eigenvalue weighted by molar-refractivity contribution is 5.99. The van der Waals surface area contributed by atoms with Gasteiger partial charge in [0.1, 0.15) is 11.6 Å². The highest BCUT2D eigenvalue weighted by Crippen LogP contribution is 2.23. The number of nitrogens with zero attached hydrogens (tertiary/aromatic N) is 2. The zero-order valence-electron chi connectivity index (χ0n) is 13.0. The normalized spacial score (nSPS) is 15.1. The summed E-state index contributed by atoms with van der Waals surface area (Å²) in [5, 5.41) is 2.94. The molecular weight excluding hydrogens is 293 g/mol. The lowest BCUT2D eigenvalue weighted by atomic mass is 10.2. The number of para-hydroxylation sites is 1. The molecule has 0 spiro atoms. The summed E-state index contributed by atoms with van der Waals surface area (Å²) in [7, 11) is 0. The van der Waals surface area contributed by atoms with Gasteiger partial charge < -0.3 is 10.2 Å². The van der Waals surface area contributed by atoms with Gasteiger partial charge in [-0.05, 0) is 37.1 Å². The Labute approximate surface area is 135 Å². The largest absolute Gasteiger partial charge is 0.339 e. The van der Waals surface area contributed by atoms with Gasteiger partial charge in [0, 0.05) is 19.3 Å². The Hall–Kier alpha value is -2.43. The van der Waals surface area contributed by atoms with Gasteiger partial charge in [-0.1, -0.05) is 25.0 Å². The molecule has 1 N–H and O–H groups in total. The van der Waals surface area contributed by atoms with Crippen LogP contribution in [0.25, 0.3) is 0 Å². The lowest BCUT2D eigenvalue weighted by Gasteiger charge is -2.21. The summed E-state index contributed by atoms with van der Waals surface area (Å²) in [6.45, 7) is 1.54. The number of likely N-dealkylation sites (tertiary alicyclic amines) is 1. The van der Waals surface area contributed by atoms with Crippen LogP contribution in [0, 0.1) is 5.82 Å². The van der Waals surface area contributed by atoms with Crippen LogP contribution >= 0.6 is 0 Å². The third-order valence-electron chi connectivity index (χ3n) is 4.06. The number of halogens is 1. The Morgan fingerprint density at radius 3 is 2.52 bits per heavy atom. The van der Waals surface area contributed by atoms with Crippen molar-refractivity contribution in [3.8, 4) is 0 Å². The third-order valence-corrected chi connectivity index (χ3v) is 4.06. The van der Waals surface area contributed by atoms with Crippen LogP contribution in [-0.4, -0.2) is 28.9 Å². The van der Waals surface area contributed by atoms with Gasteiger partial charge in [-0.25, -0.2) is 9.37 Å². The van der Waals surface area contributed by atoms with Gasteiger partial charge in [-0.15, -0.1) is 0 Å². The van der Waals surface area contributed by atoms with E-state index in [9.17, 15) is 9.18 Å². The smallest absolute Gasteiger partial charge is 0.257 e. The van der Waals surface area contributed by atoms with Crippen molar-refractivity contribution in [2.45, 2.75) is 25.7 Å². The molecule has 120 valence electrons. The van der Waals surface area contributed by atoms with E-state index in [0.29, 0.717) is 17.1 Å². The second-order valence-corrected chi connectivity index (χ2v) is 5.71. The first-order valence-corrected chi connectivity index (χ1v) is 8.01. The predicted octanol–water partition coefficient (Wildman–Crippen LogP) is 3.98. The molecule has 1 saturated heterocycles. The first kappa shape index (κ1) is 15.5. The van der Waals surface area contributed by atoms with Crippen molar-refractivity contribution in [1.82, 2.24) is 9.88 Å². The van der Waals surface area contributed by atoms with Crippen LogP contribution in [0.5, 0.6) is 0 Å². The number of pyridine rings is 1. The van der Waals surface area contributed by atoms with Gasteiger partial charge in [0.25, 0.3) is 5.91 Å². The summed E-state index contributed by atoms with van der Waals surface area (Å²) in [6, 6.07) is 9.85. The first-order chi connectivity index (χ1) is 11.3. The third kappa shape index (κ3) is 3.67. The molecule has 3 rings (SSSR count). The minimum absolute atomic E-state index is 0.0427. The molecule has 1 fully saturated rings.